The van der Waals surface area contributed by atoms with Gasteiger partial charge in [0.05, 0.1) is 0 Å². The van der Waals surface area contributed by atoms with Gasteiger partial charge in [-0.1, -0.05) is 15.9 Å². The van der Waals surface area contributed by atoms with Gasteiger partial charge in [0.1, 0.15) is 0 Å². The van der Waals surface area contributed by atoms with Gasteiger partial charge in [-0.3, -0.25) is 0 Å². The van der Waals surface area contributed by atoms with Crippen LogP contribution in [0.25, 0.3) is 10.9 Å². The number of halogens is 1. The van der Waals surface area contributed by atoms with Crippen LogP contribution < -0.4 is 0 Å². The molecule has 0 saturated heterocycles. The lowest BCUT2D eigenvalue weighted by atomic mass is 10.2. The number of benzene rings is 1. The molecule has 14 heavy (non-hydrogen) atoms. The van der Waals surface area contributed by atoms with Gasteiger partial charge in [0.2, 0.25) is 0 Å². The van der Waals surface area contributed by atoms with Gasteiger partial charge in [0.15, 0.2) is 0 Å². The molecule has 0 aliphatic carbocycles. The molecular formula is C12H14BrN. The van der Waals surface area contributed by atoms with Crippen molar-refractivity contribution in [2.24, 2.45) is 0 Å². The standard InChI is InChI=1S/C12H14BrN/c1-8(2)14-5-4-10-11(13)6-9(3)7-12(10)14/h4-8H,1-3H3. The number of nitrogens with zero attached hydrogens (tertiary/aromatic N) is 1. The summed E-state index contributed by atoms with van der Waals surface area (Å²) in [6.45, 7) is 6.53. The number of aromatic nitrogens is 1. The highest BCUT2D eigenvalue weighted by atomic mass is 79.9. The molecule has 0 bridgehead atoms. The summed E-state index contributed by atoms with van der Waals surface area (Å²) in [5, 5.41) is 1.30. The summed E-state index contributed by atoms with van der Waals surface area (Å²) in [6.07, 6.45) is 2.15. The van der Waals surface area contributed by atoms with E-state index in [9.17, 15) is 0 Å². The second kappa shape index (κ2) is 3.43. The maximum atomic E-state index is 3.60. The van der Waals surface area contributed by atoms with Crippen molar-refractivity contribution >= 4 is 26.8 Å². The van der Waals surface area contributed by atoms with Crippen molar-refractivity contribution in [1.82, 2.24) is 4.57 Å². The molecule has 0 atom stereocenters. The van der Waals surface area contributed by atoms with Gasteiger partial charge < -0.3 is 4.57 Å². The van der Waals surface area contributed by atoms with Crippen LogP contribution in [0.5, 0.6) is 0 Å². The van der Waals surface area contributed by atoms with Crippen LogP contribution in [0.15, 0.2) is 28.9 Å². The summed E-state index contributed by atoms with van der Waals surface area (Å²) in [6, 6.07) is 7.08. The van der Waals surface area contributed by atoms with E-state index in [1.54, 1.807) is 0 Å². The smallest absolute Gasteiger partial charge is 0.0496 e. The minimum Gasteiger partial charge on any atom is -0.345 e. The lowest BCUT2D eigenvalue weighted by Gasteiger charge is -2.10. The molecule has 0 radical (unpaired) electrons. The van der Waals surface area contributed by atoms with Crippen LogP contribution in [0.2, 0.25) is 0 Å². The Hall–Kier alpha value is -0.760. The van der Waals surface area contributed by atoms with E-state index in [1.165, 1.54) is 20.9 Å². The van der Waals surface area contributed by atoms with Crippen LogP contribution in [0.3, 0.4) is 0 Å². The lowest BCUT2D eigenvalue weighted by Crippen LogP contribution is -1.97. The third-order valence-electron chi connectivity index (χ3n) is 2.49. The van der Waals surface area contributed by atoms with Crippen molar-refractivity contribution in [3.05, 3.63) is 34.4 Å². The molecular weight excluding hydrogens is 238 g/mol. The van der Waals surface area contributed by atoms with Crippen molar-refractivity contribution in [2.75, 3.05) is 0 Å². The number of rotatable bonds is 1. The van der Waals surface area contributed by atoms with Crippen molar-refractivity contribution in [1.29, 1.82) is 0 Å². The molecule has 2 heteroatoms. The Morgan fingerprint density at radius 2 is 2.00 bits per heavy atom. The molecule has 0 spiro atoms. The Kier molecular flexibility index (Phi) is 2.40. The zero-order valence-corrected chi connectivity index (χ0v) is 10.3. The van der Waals surface area contributed by atoms with Gasteiger partial charge in [-0.2, -0.15) is 0 Å². The Morgan fingerprint density at radius 1 is 1.29 bits per heavy atom. The van der Waals surface area contributed by atoms with Gasteiger partial charge in [0, 0.05) is 27.6 Å². The summed E-state index contributed by atoms with van der Waals surface area (Å²) in [7, 11) is 0. The Balaban J connectivity index is 2.78. The number of hydrogen-bond donors (Lipinski definition) is 0. The lowest BCUT2D eigenvalue weighted by molar-refractivity contribution is 0.623. The predicted octanol–water partition coefficient (Wildman–Crippen LogP) is 4.29. The highest BCUT2D eigenvalue weighted by Gasteiger charge is 2.06. The van der Waals surface area contributed by atoms with Gasteiger partial charge in [0.25, 0.3) is 0 Å². The summed E-state index contributed by atoms with van der Waals surface area (Å²) in [5.41, 5.74) is 2.61. The normalized spacial score (nSPS) is 11.5. The molecule has 0 amide bonds. The van der Waals surface area contributed by atoms with Crippen LogP contribution >= 0.6 is 15.9 Å². The molecule has 0 N–H and O–H groups in total. The minimum atomic E-state index is 0.515. The Labute approximate surface area is 92.9 Å². The molecule has 1 aromatic heterocycles. The maximum Gasteiger partial charge on any atom is 0.0496 e. The average Bonchev–Trinajstić information content (AvgIpc) is 2.47. The quantitative estimate of drug-likeness (QED) is 0.713. The summed E-state index contributed by atoms with van der Waals surface area (Å²) in [5.74, 6) is 0. The Bertz CT molecular complexity index is 468. The zero-order valence-electron chi connectivity index (χ0n) is 8.71. The molecule has 74 valence electrons. The van der Waals surface area contributed by atoms with E-state index < -0.39 is 0 Å². The van der Waals surface area contributed by atoms with E-state index in [4.69, 9.17) is 0 Å². The van der Waals surface area contributed by atoms with E-state index in [2.05, 4.69) is 65.7 Å². The van der Waals surface area contributed by atoms with E-state index in [0.29, 0.717) is 6.04 Å². The van der Waals surface area contributed by atoms with E-state index in [-0.39, 0.29) is 0 Å². The maximum absolute atomic E-state index is 3.60. The van der Waals surface area contributed by atoms with Crippen molar-refractivity contribution in [3.8, 4) is 0 Å². The molecule has 1 nitrogen and oxygen atoms in total. The van der Waals surface area contributed by atoms with E-state index >= 15 is 0 Å². The summed E-state index contributed by atoms with van der Waals surface area (Å²) in [4.78, 5) is 0. The fraction of sp³-hybridized carbons (Fsp3) is 0.333. The van der Waals surface area contributed by atoms with Gasteiger partial charge in [-0.25, -0.2) is 0 Å². The highest BCUT2D eigenvalue weighted by Crippen LogP contribution is 2.28. The van der Waals surface area contributed by atoms with Gasteiger partial charge in [-0.15, -0.1) is 0 Å². The molecule has 0 fully saturated rings. The largest absolute Gasteiger partial charge is 0.345 e. The first kappa shape index (κ1) is 9.78. The van der Waals surface area contributed by atoms with Crippen molar-refractivity contribution < 1.29 is 0 Å². The first-order chi connectivity index (χ1) is 6.59. The molecule has 0 aliphatic heterocycles. The van der Waals surface area contributed by atoms with Crippen LogP contribution in [0.1, 0.15) is 25.5 Å². The van der Waals surface area contributed by atoms with Gasteiger partial charge >= 0.3 is 0 Å². The number of hydrogen-bond acceptors (Lipinski definition) is 0. The molecule has 2 rings (SSSR count). The third kappa shape index (κ3) is 1.48. The number of aryl methyl sites for hydroxylation is 1. The first-order valence-corrected chi connectivity index (χ1v) is 5.65. The van der Waals surface area contributed by atoms with Crippen LogP contribution in [-0.2, 0) is 0 Å². The second-order valence-corrected chi connectivity index (χ2v) is 4.85. The van der Waals surface area contributed by atoms with Crippen LogP contribution in [-0.4, -0.2) is 4.57 Å². The Morgan fingerprint density at radius 3 is 2.64 bits per heavy atom. The fourth-order valence-corrected chi connectivity index (χ4v) is 2.50. The van der Waals surface area contributed by atoms with Crippen LogP contribution in [0.4, 0.5) is 0 Å². The fourth-order valence-electron chi connectivity index (χ4n) is 1.80. The topological polar surface area (TPSA) is 4.93 Å². The average molecular weight is 252 g/mol. The van der Waals surface area contributed by atoms with E-state index in [1.807, 2.05) is 0 Å². The molecule has 0 aliphatic rings. The molecule has 2 aromatic rings. The van der Waals surface area contributed by atoms with Crippen molar-refractivity contribution in [3.63, 3.8) is 0 Å². The second-order valence-electron chi connectivity index (χ2n) is 4.00. The predicted molar refractivity (Wildman–Crippen MR) is 64.8 cm³/mol. The molecule has 0 saturated carbocycles. The summed E-state index contributed by atoms with van der Waals surface area (Å²) < 4.78 is 3.49. The highest BCUT2D eigenvalue weighted by molar-refractivity contribution is 9.10. The van der Waals surface area contributed by atoms with Gasteiger partial charge in [-0.05, 0) is 44.5 Å². The van der Waals surface area contributed by atoms with Crippen LogP contribution in [0, 0.1) is 6.92 Å². The number of fused-ring (bicyclic) bond motifs is 1. The monoisotopic (exact) mass is 251 g/mol. The minimum absolute atomic E-state index is 0.515. The third-order valence-corrected chi connectivity index (χ3v) is 3.14. The van der Waals surface area contributed by atoms with Crippen molar-refractivity contribution in [2.45, 2.75) is 26.8 Å². The molecule has 1 aromatic carbocycles. The zero-order chi connectivity index (χ0) is 10.3. The SMILES string of the molecule is Cc1cc(Br)c2ccn(C(C)C)c2c1. The summed E-state index contributed by atoms with van der Waals surface area (Å²) >= 11 is 3.60. The first-order valence-electron chi connectivity index (χ1n) is 4.86. The molecule has 0 unspecified atom stereocenters. The molecule has 1 heterocycles. The van der Waals surface area contributed by atoms with E-state index in [0.717, 1.165) is 0 Å².